The fraction of sp³-hybridized carbons (Fsp3) is 0.167. The Bertz CT molecular complexity index is 1120. The molecule has 4 rings (SSSR count). The fourth-order valence-electron chi connectivity index (χ4n) is 2.32. The summed E-state index contributed by atoms with van der Waals surface area (Å²) in [7, 11) is 0. The van der Waals surface area contributed by atoms with Crippen LogP contribution >= 0.6 is 46.2 Å². The highest BCUT2D eigenvalue weighted by molar-refractivity contribution is 8.01. The van der Waals surface area contributed by atoms with Gasteiger partial charge >= 0.3 is 0 Å². The van der Waals surface area contributed by atoms with Gasteiger partial charge in [0.25, 0.3) is 0 Å². The number of rotatable bonds is 7. The summed E-state index contributed by atoms with van der Waals surface area (Å²) in [6, 6.07) is 3.67. The van der Waals surface area contributed by atoms with Crippen molar-refractivity contribution in [3.05, 3.63) is 48.3 Å². The summed E-state index contributed by atoms with van der Waals surface area (Å²) in [5, 5.41) is 2.22. The van der Waals surface area contributed by atoms with Gasteiger partial charge in [0, 0.05) is 23.8 Å². The maximum absolute atomic E-state index is 12.6. The van der Waals surface area contributed by atoms with Gasteiger partial charge in [-0.15, -0.1) is 0 Å². The van der Waals surface area contributed by atoms with Crippen LogP contribution < -0.4 is 10.6 Å². The van der Waals surface area contributed by atoms with E-state index in [9.17, 15) is 4.79 Å². The molecule has 4 aromatic rings. The van der Waals surface area contributed by atoms with Gasteiger partial charge in [-0.25, -0.2) is 34.8 Å². The third-order valence-electron chi connectivity index (χ3n) is 3.68. The first-order valence-electron chi connectivity index (χ1n) is 8.91. The summed E-state index contributed by atoms with van der Waals surface area (Å²) in [4.78, 5) is 40.2. The summed E-state index contributed by atoms with van der Waals surface area (Å²) in [5.74, 6) is -0.296. The quantitative estimate of drug-likeness (QED) is 0.385. The van der Waals surface area contributed by atoms with Gasteiger partial charge in [-0.05, 0) is 49.5 Å². The van der Waals surface area contributed by atoms with Crippen molar-refractivity contribution in [3.8, 4) is 0 Å². The van der Waals surface area contributed by atoms with E-state index in [1.54, 1.807) is 24.8 Å². The van der Waals surface area contributed by atoms with Crippen molar-refractivity contribution >= 4 is 62.4 Å². The average molecular weight is 489 g/mol. The maximum Gasteiger partial charge on any atom is 0.248 e. The minimum Gasteiger partial charge on any atom is -0.322 e. The van der Waals surface area contributed by atoms with Crippen LogP contribution in [0.4, 0.5) is 10.3 Å². The Balaban J connectivity index is 1.56. The van der Waals surface area contributed by atoms with Gasteiger partial charge in [-0.3, -0.25) is 4.79 Å². The van der Waals surface area contributed by atoms with Crippen molar-refractivity contribution in [1.82, 2.24) is 29.9 Å². The van der Waals surface area contributed by atoms with Crippen molar-refractivity contribution < 1.29 is 4.79 Å². The number of carbonyl (C=O) groups is 1. The molecular formula is C18H16N8OS4. The number of thiazole rings is 2. The van der Waals surface area contributed by atoms with Crippen molar-refractivity contribution in [2.24, 2.45) is 5.73 Å². The Labute approximate surface area is 194 Å². The summed E-state index contributed by atoms with van der Waals surface area (Å²) >= 11 is 5.48. The lowest BCUT2D eigenvalue weighted by atomic mass is 10.5. The molecule has 0 aliphatic rings. The van der Waals surface area contributed by atoms with Crippen LogP contribution in [-0.4, -0.2) is 42.4 Å². The molecule has 0 aromatic carbocycles. The zero-order valence-electron chi connectivity index (χ0n) is 16.4. The monoisotopic (exact) mass is 488 g/mol. The van der Waals surface area contributed by atoms with Crippen LogP contribution in [0.25, 0.3) is 0 Å². The number of aryl methyl sites for hydroxylation is 2. The van der Waals surface area contributed by atoms with Gasteiger partial charge in [-0.2, -0.15) is 0 Å². The van der Waals surface area contributed by atoms with E-state index < -0.39 is 0 Å². The number of nitrogens with two attached hydrogens (primary N) is 1. The van der Waals surface area contributed by atoms with Gasteiger partial charge in [0.1, 0.15) is 0 Å². The van der Waals surface area contributed by atoms with E-state index >= 15 is 0 Å². The molecule has 0 aliphatic carbocycles. The van der Waals surface area contributed by atoms with Gasteiger partial charge in [0.05, 0.1) is 27.4 Å². The lowest BCUT2D eigenvalue weighted by Crippen LogP contribution is -2.31. The predicted octanol–water partition coefficient (Wildman–Crippen LogP) is 3.72. The maximum atomic E-state index is 12.6. The van der Waals surface area contributed by atoms with Crippen LogP contribution in [0.5, 0.6) is 0 Å². The van der Waals surface area contributed by atoms with Crippen LogP contribution in [0.2, 0.25) is 0 Å². The highest BCUT2D eigenvalue weighted by Crippen LogP contribution is 2.40. The molecule has 31 heavy (non-hydrogen) atoms. The van der Waals surface area contributed by atoms with Crippen LogP contribution in [0.1, 0.15) is 11.4 Å². The highest BCUT2D eigenvalue weighted by atomic mass is 32.2. The SMILES string of the molecule is Cc1ccnc(Sc2cnc(N(C(=O)CN)c3ncc(Sc4nccc(C)n4)s3)s2)n1. The minimum atomic E-state index is -0.296. The lowest BCUT2D eigenvalue weighted by Gasteiger charge is -2.15. The van der Waals surface area contributed by atoms with Crippen molar-refractivity contribution in [1.29, 1.82) is 0 Å². The van der Waals surface area contributed by atoms with E-state index in [4.69, 9.17) is 5.73 Å². The third kappa shape index (κ3) is 5.43. The standard InChI is InChI=1S/C18H16N8OS4/c1-10-3-5-20-15(24-10)28-13-8-22-17(30-13)26(12(27)7-19)18-23-9-14(31-18)29-16-21-6-4-11(2)25-16/h3-6,8-9H,7,19H2,1-2H3. The molecule has 1 amide bonds. The first kappa shape index (κ1) is 21.8. The summed E-state index contributed by atoms with van der Waals surface area (Å²) < 4.78 is 1.71. The second-order valence-corrected chi connectivity index (χ2v) is 10.6. The van der Waals surface area contributed by atoms with Crippen LogP contribution in [-0.2, 0) is 4.79 Å². The Morgan fingerprint density at radius 3 is 1.81 bits per heavy atom. The molecule has 0 spiro atoms. The second-order valence-electron chi connectivity index (χ2n) is 6.02. The normalized spacial score (nSPS) is 10.9. The van der Waals surface area contributed by atoms with E-state index in [2.05, 4.69) is 29.9 Å². The number of hydrogen-bond donors (Lipinski definition) is 1. The molecule has 13 heteroatoms. The second kappa shape index (κ2) is 9.78. The summed E-state index contributed by atoms with van der Waals surface area (Å²) in [5.41, 5.74) is 7.42. The van der Waals surface area contributed by atoms with Crippen molar-refractivity contribution in [3.63, 3.8) is 0 Å². The van der Waals surface area contributed by atoms with E-state index in [0.717, 1.165) is 19.8 Å². The minimum absolute atomic E-state index is 0.161. The van der Waals surface area contributed by atoms with Crippen molar-refractivity contribution in [2.45, 2.75) is 32.6 Å². The van der Waals surface area contributed by atoms with E-state index in [0.29, 0.717) is 20.6 Å². The van der Waals surface area contributed by atoms with Crippen LogP contribution in [0.15, 0.2) is 55.7 Å². The predicted molar refractivity (Wildman–Crippen MR) is 122 cm³/mol. The largest absolute Gasteiger partial charge is 0.322 e. The van der Waals surface area contributed by atoms with E-state index in [1.165, 1.54) is 51.1 Å². The van der Waals surface area contributed by atoms with Gasteiger partial charge < -0.3 is 5.73 Å². The smallest absolute Gasteiger partial charge is 0.248 e. The number of anilines is 2. The highest BCUT2D eigenvalue weighted by Gasteiger charge is 2.24. The molecule has 0 saturated carbocycles. The number of amides is 1. The van der Waals surface area contributed by atoms with E-state index in [-0.39, 0.29) is 12.5 Å². The summed E-state index contributed by atoms with van der Waals surface area (Å²) in [6.07, 6.45) is 6.81. The molecule has 4 aromatic heterocycles. The number of hydrogen-bond acceptors (Lipinski definition) is 12. The molecule has 0 unspecified atom stereocenters. The third-order valence-corrected chi connectivity index (χ3v) is 7.61. The number of aromatic nitrogens is 6. The first-order valence-corrected chi connectivity index (χ1v) is 12.2. The zero-order chi connectivity index (χ0) is 21.8. The van der Waals surface area contributed by atoms with Crippen molar-refractivity contribution in [2.75, 3.05) is 11.4 Å². The lowest BCUT2D eigenvalue weighted by molar-refractivity contribution is -0.116. The Morgan fingerprint density at radius 2 is 1.39 bits per heavy atom. The molecule has 0 radical (unpaired) electrons. The van der Waals surface area contributed by atoms with Crippen LogP contribution in [0.3, 0.4) is 0 Å². The molecule has 0 atom stereocenters. The topological polar surface area (TPSA) is 124 Å². The molecule has 0 bridgehead atoms. The van der Waals surface area contributed by atoms with Crippen LogP contribution in [0, 0.1) is 13.8 Å². The number of carbonyl (C=O) groups excluding carboxylic acids is 1. The molecular weight excluding hydrogens is 473 g/mol. The van der Waals surface area contributed by atoms with Gasteiger partial charge in [0.2, 0.25) is 5.91 Å². The molecule has 0 aliphatic heterocycles. The Hall–Kier alpha value is -2.45. The average Bonchev–Trinajstić information content (AvgIpc) is 3.38. The molecule has 2 N–H and O–H groups in total. The fourth-order valence-corrected chi connectivity index (χ4v) is 6.12. The first-order chi connectivity index (χ1) is 15.0. The Morgan fingerprint density at radius 1 is 0.903 bits per heavy atom. The molecule has 0 saturated heterocycles. The zero-order valence-corrected chi connectivity index (χ0v) is 19.7. The van der Waals surface area contributed by atoms with Gasteiger partial charge in [0.15, 0.2) is 20.6 Å². The molecule has 9 nitrogen and oxygen atoms in total. The number of nitrogens with zero attached hydrogens (tertiary/aromatic N) is 7. The van der Waals surface area contributed by atoms with E-state index in [1.807, 2.05) is 26.0 Å². The van der Waals surface area contributed by atoms with Gasteiger partial charge in [-0.1, -0.05) is 22.7 Å². The summed E-state index contributed by atoms with van der Waals surface area (Å²) in [6.45, 7) is 3.66. The molecule has 4 heterocycles. The molecule has 0 fully saturated rings. The molecule has 158 valence electrons. The Kier molecular flexibility index (Phi) is 6.87.